The van der Waals surface area contributed by atoms with Crippen LogP contribution in [-0.4, -0.2) is 41.4 Å². The predicted molar refractivity (Wildman–Crippen MR) is 117 cm³/mol. The van der Waals surface area contributed by atoms with Gasteiger partial charge in [0.25, 0.3) is 0 Å². The van der Waals surface area contributed by atoms with Gasteiger partial charge in [-0.1, -0.05) is 37.3 Å². The monoisotopic (exact) mass is 422 g/mol. The number of rotatable bonds is 7. The summed E-state index contributed by atoms with van der Waals surface area (Å²) in [7, 11) is 0. The number of ether oxygens (including phenoxy) is 2. The smallest absolute Gasteiger partial charge is 0.407 e. The van der Waals surface area contributed by atoms with Crippen molar-refractivity contribution in [3.8, 4) is 0 Å². The van der Waals surface area contributed by atoms with Crippen molar-refractivity contribution in [3.05, 3.63) is 35.9 Å². The lowest BCUT2D eigenvalue weighted by Gasteiger charge is -2.36. The zero-order valence-electron chi connectivity index (χ0n) is 17.9. The highest BCUT2D eigenvalue weighted by atomic mass is 32.2. The van der Waals surface area contributed by atoms with Gasteiger partial charge in [-0.2, -0.15) is 11.8 Å². The maximum absolute atomic E-state index is 12.3. The number of nitrogens with one attached hydrogen (secondary N) is 2. The second-order valence-corrected chi connectivity index (χ2v) is 9.71. The van der Waals surface area contributed by atoms with Crippen molar-refractivity contribution in [1.82, 2.24) is 10.6 Å². The first-order valence-electron chi connectivity index (χ1n) is 10.3. The van der Waals surface area contributed by atoms with Crippen LogP contribution in [0.1, 0.15) is 52.5 Å². The Labute approximate surface area is 178 Å². The van der Waals surface area contributed by atoms with E-state index in [-0.39, 0.29) is 36.8 Å². The van der Waals surface area contributed by atoms with Crippen molar-refractivity contribution in [2.75, 3.05) is 11.5 Å². The molecule has 29 heavy (non-hydrogen) atoms. The van der Waals surface area contributed by atoms with E-state index in [9.17, 15) is 9.59 Å². The molecule has 1 saturated carbocycles. The van der Waals surface area contributed by atoms with Gasteiger partial charge >= 0.3 is 12.2 Å². The average Bonchev–Trinajstić information content (AvgIpc) is 2.65. The lowest BCUT2D eigenvalue weighted by atomic mass is 9.82. The maximum atomic E-state index is 12.3. The van der Waals surface area contributed by atoms with E-state index in [1.807, 2.05) is 62.9 Å². The lowest BCUT2D eigenvalue weighted by Crippen LogP contribution is -2.50. The van der Waals surface area contributed by atoms with Gasteiger partial charge in [-0.05, 0) is 63.0 Å². The molecule has 162 valence electrons. The molecular formula is C22H34N2O4S. The molecule has 1 fully saturated rings. The third-order valence-corrected chi connectivity index (χ3v) is 5.83. The highest BCUT2D eigenvalue weighted by Gasteiger charge is 2.33. The van der Waals surface area contributed by atoms with E-state index in [2.05, 4.69) is 17.6 Å². The minimum absolute atomic E-state index is 0.0500. The van der Waals surface area contributed by atoms with E-state index in [1.165, 1.54) is 0 Å². The normalized spacial score (nSPS) is 21.9. The molecule has 0 heterocycles. The number of carbonyl (C=O) groups is 2. The fraction of sp³-hybridized carbons (Fsp3) is 0.636. The third-order valence-electron chi connectivity index (χ3n) is 4.76. The van der Waals surface area contributed by atoms with Crippen LogP contribution in [0, 0.1) is 5.92 Å². The minimum Gasteiger partial charge on any atom is -0.445 e. The van der Waals surface area contributed by atoms with Gasteiger partial charge in [0.2, 0.25) is 0 Å². The number of amides is 2. The molecular weight excluding hydrogens is 388 g/mol. The van der Waals surface area contributed by atoms with Crippen molar-refractivity contribution < 1.29 is 19.1 Å². The standard InChI is InChI=1S/C22H34N2O4S/c1-5-29-15-17-13-18(23-21(26)28-22(2,3)4)11-12-19(17)24-20(25)27-14-16-9-7-6-8-10-16/h6-10,17-19H,5,11-15H2,1-4H3,(H,23,26)(H,24,25)/t17-,18-,19+/m1/s1. The summed E-state index contributed by atoms with van der Waals surface area (Å²) in [6.07, 6.45) is 1.66. The molecule has 0 spiro atoms. The Kier molecular flexibility index (Phi) is 9.14. The summed E-state index contributed by atoms with van der Waals surface area (Å²) in [6.45, 7) is 7.95. The molecule has 3 atom stereocenters. The molecule has 0 aliphatic heterocycles. The van der Waals surface area contributed by atoms with Crippen LogP contribution in [0.3, 0.4) is 0 Å². The Hall–Kier alpha value is -1.89. The van der Waals surface area contributed by atoms with E-state index < -0.39 is 5.60 Å². The Morgan fingerprint density at radius 1 is 1.10 bits per heavy atom. The molecule has 1 aromatic carbocycles. The highest BCUT2D eigenvalue weighted by Crippen LogP contribution is 2.28. The molecule has 1 aliphatic carbocycles. The zero-order valence-corrected chi connectivity index (χ0v) is 18.7. The van der Waals surface area contributed by atoms with Gasteiger partial charge in [0, 0.05) is 12.1 Å². The number of thioether (sulfide) groups is 1. The Morgan fingerprint density at radius 2 is 1.83 bits per heavy atom. The summed E-state index contributed by atoms with van der Waals surface area (Å²) in [5.41, 5.74) is 0.453. The lowest BCUT2D eigenvalue weighted by molar-refractivity contribution is 0.0478. The van der Waals surface area contributed by atoms with Gasteiger partial charge < -0.3 is 20.1 Å². The topological polar surface area (TPSA) is 76.7 Å². The number of benzene rings is 1. The van der Waals surface area contributed by atoms with Crippen LogP contribution in [0.15, 0.2) is 30.3 Å². The van der Waals surface area contributed by atoms with Crippen LogP contribution in [0.25, 0.3) is 0 Å². The van der Waals surface area contributed by atoms with Crippen LogP contribution in [0.2, 0.25) is 0 Å². The molecule has 0 saturated heterocycles. The molecule has 1 aromatic rings. The van der Waals surface area contributed by atoms with Crippen molar-refractivity contribution in [3.63, 3.8) is 0 Å². The van der Waals surface area contributed by atoms with Crippen LogP contribution < -0.4 is 10.6 Å². The van der Waals surface area contributed by atoms with Crippen molar-refractivity contribution in [2.45, 2.75) is 71.2 Å². The number of hydrogen-bond acceptors (Lipinski definition) is 5. The molecule has 0 unspecified atom stereocenters. The second kappa shape index (κ2) is 11.3. The Balaban J connectivity index is 1.85. The zero-order chi connectivity index (χ0) is 21.3. The Morgan fingerprint density at radius 3 is 2.48 bits per heavy atom. The number of hydrogen-bond donors (Lipinski definition) is 2. The van der Waals surface area contributed by atoms with Crippen LogP contribution >= 0.6 is 11.8 Å². The van der Waals surface area contributed by atoms with Crippen molar-refractivity contribution >= 4 is 23.9 Å². The summed E-state index contributed by atoms with van der Waals surface area (Å²) < 4.78 is 10.8. The van der Waals surface area contributed by atoms with Crippen LogP contribution in [0.4, 0.5) is 9.59 Å². The molecule has 6 nitrogen and oxygen atoms in total. The molecule has 7 heteroatoms. The first-order valence-corrected chi connectivity index (χ1v) is 11.5. The maximum Gasteiger partial charge on any atom is 0.407 e. The molecule has 1 aliphatic rings. The van der Waals surface area contributed by atoms with E-state index >= 15 is 0 Å². The number of carbonyl (C=O) groups excluding carboxylic acids is 2. The SMILES string of the molecule is CCSC[C@H]1C[C@H](NC(=O)OC(C)(C)C)CC[C@@H]1NC(=O)OCc1ccccc1. The van der Waals surface area contributed by atoms with E-state index in [0.717, 1.165) is 36.3 Å². The van der Waals surface area contributed by atoms with Crippen molar-refractivity contribution in [2.24, 2.45) is 5.92 Å². The Bertz CT molecular complexity index is 648. The van der Waals surface area contributed by atoms with Gasteiger partial charge in [-0.15, -0.1) is 0 Å². The molecule has 2 N–H and O–H groups in total. The van der Waals surface area contributed by atoms with Crippen LogP contribution in [0.5, 0.6) is 0 Å². The first kappa shape index (κ1) is 23.4. The number of alkyl carbamates (subject to hydrolysis) is 2. The predicted octanol–water partition coefficient (Wildman–Crippen LogP) is 4.73. The summed E-state index contributed by atoms with van der Waals surface area (Å²) in [5, 5.41) is 6.03. The van der Waals surface area contributed by atoms with Gasteiger partial charge in [-0.25, -0.2) is 9.59 Å². The highest BCUT2D eigenvalue weighted by molar-refractivity contribution is 7.99. The fourth-order valence-electron chi connectivity index (χ4n) is 3.43. The second-order valence-electron chi connectivity index (χ2n) is 8.39. The minimum atomic E-state index is -0.511. The van der Waals surface area contributed by atoms with Gasteiger partial charge in [0.05, 0.1) is 0 Å². The molecule has 2 rings (SSSR count). The van der Waals surface area contributed by atoms with Crippen LogP contribution in [-0.2, 0) is 16.1 Å². The summed E-state index contributed by atoms with van der Waals surface area (Å²) >= 11 is 1.85. The summed E-state index contributed by atoms with van der Waals surface area (Å²) in [5.74, 6) is 2.23. The van der Waals surface area contributed by atoms with Gasteiger partial charge in [0.15, 0.2) is 0 Å². The first-order chi connectivity index (χ1) is 13.8. The van der Waals surface area contributed by atoms with E-state index in [0.29, 0.717) is 0 Å². The third kappa shape index (κ3) is 8.98. The van der Waals surface area contributed by atoms with Gasteiger partial charge in [0.1, 0.15) is 12.2 Å². The van der Waals surface area contributed by atoms with Gasteiger partial charge in [-0.3, -0.25) is 0 Å². The molecule has 2 amide bonds. The molecule has 0 aromatic heterocycles. The quantitative estimate of drug-likeness (QED) is 0.664. The van der Waals surface area contributed by atoms with Crippen molar-refractivity contribution in [1.29, 1.82) is 0 Å². The molecule has 0 bridgehead atoms. The fourth-order valence-corrected chi connectivity index (χ4v) is 4.34. The average molecular weight is 423 g/mol. The summed E-state index contributed by atoms with van der Waals surface area (Å²) in [6, 6.07) is 9.76. The largest absolute Gasteiger partial charge is 0.445 e. The van der Waals surface area contributed by atoms with E-state index in [4.69, 9.17) is 9.47 Å². The van der Waals surface area contributed by atoms with E-state index in [1.54, 1.807) is 0 Å². The molecule has 0 radical (unpaired) electrons. The summed E-state index contributed by atoms with van der Waals surface area (Å²) in [4.78, 5) is 24.4.